The van der Waals surface area contributed by atoms with E-state index in [1.54, 1.807) is 6.07 Å². The fourth-order valence-corrected chi connectivity index (χ4v) is 4.41. The third kappa shape index (κ3) is 3.27. The van der Waals surface area contributed by atoms with Gasteiger partial charge in [0.2, 0.25) is 0 Å². The van der Waals surface area contributed by atoms with Crippen LogP contribution in [0.5, 0.6) is 0 Å². The van der Waals surface area contributed by atoms with E-state index >= 15 is 0 Å². The average molecular weight is 365 g/mol. The monoisotopic (exact) mass is 365 g/mol. The van der Waals surface area contributed by atoms with Crippen molar-refractivity contribution in [2.24, 2.45) is 0 Å². The molecule has 3 heterocycles. The summed E-state index contributed by atoms with van der Waals surface area (Å²) >= 11 is 0. The minimum absolute atomic E-state index is 0.0832. The molecule has 0 unspecified atom stereocenters. The van der Waals surface area contributed by atoms with E-state index in [-0.39, 0.29) is 5.82 Å². The molecule has 0 bridgehead atoms. The first kappa shape index (κ1) is 18.2. The number of hydrogen-bond acceptors (Lipinski definition) is 2. The van der Waals surface area contributed by atoms with E-state index < -0.39 is 0 Å². The number of hydrogen-bond donors (Lipinski definition) is 2. The Morgan fingerprint density at radius 1 is 1.11 bits per heavy atom. The first-order valence-corrected chi connectivity index (χ1v) is 9.95. The number of aromatic nitrogens is 2. The molecule has 0 aliphatic carbocycles. The highest BCUT2D eigenvalue weighted by Gasteiger charge is 2.23. The van der Waals surface area contributed by atoms with Gasteiger partial charge in [0.05, 0.1) is 5.69 Å². The molecule has 27 heavy (non-hydrogen) atoms. The second-order valence-electron chi connectivity index (χ2n) is 8.15. The van der Waals surface area contributed by atoms with Crippen molar-refractivity contribution in [1.29, 1.82) is 0 Å². The summed E-state index contributed by atoms with van der Waals surface area (Å²) < 4.78 is 14.9. The van der Waals surface area contributed by atoms with Crippen LogP contribution in [0.2, 0.25) is 0 Å². The normalized spacial score (nSPS) is 15.8. The van der Waals surface area contributed by atoms with Crippen LogP contribution in [0.15, 0.2) is 24.4 Å². The van der Waals surface area contributed by atoms with Crippen molar-refractivity contribution < 1.29 is 4.39 Å². The topological polar surface area (TPSA) is 40.7 Å². The minimum atomic E-state index is -0.0832. The molecule has 0 atom stereocenters. The first-order valence-electron chi connectivity index (χ1n) is 9.95. The maximum Gasteiger partial charge on any atom is 0.128 e. The SMILES string of the molecule is Cc1cc(-c2[nH]c3cc(F)c(C4CCNCC4)cc3c2C(C)C)c(C)cn1. The highest BCUT2D eigenvalue weighted by molar-refractivity contribution is 5.92. The lowest BCUT2D eigenvalue weighted by Crippen LogP contribution is -2.27. The maximum atomic E-state index is 14.9. The van der Waals surface area contributed by atoms with Gasteiger partial charge in [-0.1, -0.05) is 13.8 Å². The van der Waals surface area contributed by atoms with E-state index in [1.165, 1.54) is 5.56 Å². The highest BCUT2D eigenvalue weighted by atomic mass is 19.1. The molecule has 1 fully saturated rings. The summed E-state index contributed by atoms with van der Waals surface area (Å²) in [5.41, 5.74) is 7.42. The number of piperidine rings is 1. The second kappa shape index (κ2) is 7.08. The third-order valence-electron chi connectivity index (χ3n) is 5.82. The van der Waals surface area contributed by atoms with E-state index in [0.29, 0.717) is 11.8 Å². The van der Waals surface area contributed by atoms with Gasteiger partial charge in [0, 0.05) is 28.4 Å². The summed E-state index contributed by atoms with van der Waals surface area (Å²) in [4.78, 5) is 7.92. The molecule has 2 aromatic heterocycles. The van der Waals surface area contributed by atoms with Crippen LogP contribution in [0.1, 0.15) is 60.9 Å². The van der Waals surface area contributed by atoms with E-state index in [2.05, 4.69) is 48.2 Å². The van der Waals surface area contributed by atoms with E-state index in [4.69, 9.17) is 0 Å². The molecule has 1 aliphatic heterocycles. The number of rotatable bonds is 3. The molecule has 1 saturated heterocycles. The Morgan fingerprint density at radius 3 is 2.56 bits per heavy atom. The molecular weight excluding hydrogens is 337 g/mol. The molecule has 2 N–H and O–H groups in total. The summed E-state index contributed by atoms with van der Waals surface area (Å²) in [6.07, 6.45) is 3.92. The van der Waals surface area contributed by atoms with Gasteiger partial charge < -0.3 is 10.3 Å². The molecule has 1 aromatic carbocycles. The summed E-state index contributed by atoms with van der Waals surface area (Å²) in [6.45, 7) is 10.4. The molecule has 4 heteroatoms. The molecule has 0 radical (unpaired) electrons. The summed E-state index contributed by atoms with van der Waals surface area (Å²) in [5.74, 6) is 0.562. The van der Waals surface area contributed by atoms with Crippen LogP contribution < -0.4 is 5.32 Å². The predicted octanol–water partition coefficient (Wildman–Crippen LogP) is 5.58. The lowest BCUT2D eigenvalue weighted by Gasteiger charge is -2.23. The van der Waals surface area contributed by atoms with Gasteiger partial charge in [-0.2, -0.15) is 0 Å². The zero-order valence-corrected chi connectivity index (χ0v) is 16.6. The highest BCUT2D eigenvalue weighted by Crippen LogP contribution is 2.39. The van der Waals surface area contributed by atoms with Crippen LogP contribution in [-0.2, 0) is 0 Å². The average Bonchev–Trinajstić information content (AvgIpc) is 3.02. The Morgan fingerprint density at radius 2 is 1.85 bits per heavy atom. The van der Waals surface area contributed by atoms with Crippen molar-refractivity contribution in [3.8, 4) is 11.3 Å². The van der Waals surface area contributed by atoms with Crippen LogP contribution in [0.3, 0.4) is 0 Å². The quantitative estimate of drug-likeness (QED) is 0.636. The smallest absolute Gasteiger partial charge is 0.128 e. The Kier molecular flexibility index (Phi) is 4.77. The number of nitrogens with zero attached hydrogens (tertiary/aromatic N) is 1. The van der Waals surface area contributed by atoms with Crippen molar-refractivity contribution >= 4 is 10.9 Å². The molecule has 0 spiro atoms. The van der Waals surface area contributed by atoms with Crippen LogP contribution in [0.25, 0.3) is 22.2 Å². The first-order chi connectivity index (χ1) is 13.0. The number of H-pyrrole nitrogens is 1. The van der Waals surface area contributed by atoms with Crippen LogP contribution in [-0.4, -0.2) is 23.1 Å². The number of aryl methyl sites for hydroxylation is 2. The van der Waals surface area contributed by atoms with Gasteiger partial charge in [-0.15, -0.1) is 0 Å². The number of pyridine rings is 1. The van der Waals surface area contributed by atoms with Crippen molar-refractivity contribution in [1.82, 2.24) is 15.3 Å². The zero-order valence-electron chi connectivity index (χ0n) is 16.6. The number of nitrogens with one attached hydrogen (secondary N) is 2. The molecule has 0 amide bonds. The van der Waals surface area contributed by atoms with Crippen LogP contribution >= 0.6 is 0 Å². The maximum absolute atomic E-state index is 14.9. The lowest BCUT2D eigenvalue weighted by molar-refractivity contribution is 0.445. The molecule has 142 valence electrons. The Balaban J connectivity index is 1.93. The predicted molar refractivity (Wildman–Crippen MR) is 110 cm³/mol. The fourth-order valence-electron chi connectivity index (χ4n) is 4.41. The summed E-state index contributed by atoms with van der Waals surface area (Å²) in [6, 6.07) is 5.93. The molecule has 4 rings (SSSR count). The van der Waals surface area contributed by atoms with E-state index in [0.717, 1.165) is 64.9 Å². The van der Waals surface area contributed by atoms with Crippen LogP contribution in [0.4, 0.5) is 4.39 Å². The zero-order chi connectivity index (χ0) is 19.1. The number of aromatic amines is 1. The molecule has 3 aromatic rings. The Labute approximate surface area is 160 Å². The van der Waals surface area contributed by atoms with E-state index in [9.17, 15) is 4.39 Å². The van der Waals surface area contributed by atoms with Gasteiger partial charge >= 0.3 is 0 Å². The van der Waals surface area contributed by atoms with E-state index in [1.807, 2.05) is 13.1 Å². The number of fused-ring (bicyclic) bond motifs is 1. The van der Waals surface area contributed by atoms with Crippen LogP contribution in [0, 0.1) is 19.7 Å². The number of benzene rings is 1. The van der Waals surface area contributed by atoms with Gasteiger partial charge in [-0.05, 0) is 86.5 Å². The largest absolute Gasteiger partial charge is 0.354 e. The standard InChI is InChI=1S/C23H28FN3/c1-13(2)22-19-10-18(16-5-7-25-8-6-16)20(24)11-21(19)27-23(22)17-9-15(4)26-12-14(17)3/h9-13,16,25,27H,5-8H2,1-4H3. The lowest BCUT2D eigenvalue weighted by atomic mass is 9.87. The summed E-state index contributed by atoms with van der Waals surface area (Å²) in [5, 5.41) is 4.53. The van der Waals surface area contributed by atoms with Crippen molar-refractivity contribution in [3.63, 3.8) is 0 Å². The minimum Gasteiger partial charge on any atom is -0.354 e. The molecule has 0 saturated carbocycles. The molecule has 3 nitrogen and oxygen atoms in total. The van der Waals surface area contributed by atoms with Gasteiger partial charge in [0.15, 0.2) is 0 Å². The van der Waals surface area contributed by atoms with Gasteiger partial charge in [0.1, 0.15) is 5.82 Å². The summed E-state index contributed by atoms with van der Waals surface area (Å²) in [7, 11) is 0. The molecule has 1 aliphatic rings. The van der Waals surface area contributed by atoms with Gasteiger partial charge in [0.25, 0.3) is 0 Å². The second-order valence-corrected chi connectivity index (χ2v) is 8.15. The number of halogens is 1. The molecular formula is C23H28FN3. The third-order valence-corrected chi connectivity index (χ3v) is 5.82. The van der Waals surface area contributed by atoms with Gasteiger partial charge in [-0.25, -0.2) is 4.39 Å². The fraction of sp³-hybridized carbons (Fsp3) is 0.435. The van der Waals surface area contributed by atoms with Crippen molar-refractivity contribution in [3.05, 3.63) is 52.6 Å². The van der Waals surface area contributed by atoms with Crippen molar-refractivity contribution in [2.75, 3.05) is 13.1 Å². The Bertz CT molecular complexity index is 981. The van der Waals surface area contributed by atoms with Gasteiger partial charge in [-0.3, -0.25) is 4.98 Å². The Hall–Kier alpha value is -2.20. The van der Waals surface area contributed by atoms with Crippen molar-refractivity contribution in [2.45, 2.75) is 52.4 Å².